The standard InChI is InChI=1S/C13H15FN2O2/c1-7-3-4-10-8(5-7)9(11(14)16-10)6-13(2,15)12(17)18/h3-5,16H,6,15H2,1-2H3,(H,17,18). The number of benzene rings is 1. The molecule has 0 aliphatic rings. The van der Waals surface area contributed by atoms with Crippen LogP contribution in [0.2, 0.25) is 0 Å². The molecule has 0 radical (unpaired) electrons. The Hall–Kier alpha value is -1.88. The third-order valence-corrected chi connectivity index (χ3v) is 3.04. The average Bonchev–Trinajstić information content (AvgIpc) is 2.55. The predicted octanol–water partition coefficient (Wildman–Crippen LogP) is 1.96. The molecule has 4 nitrogen and oxygen atoms in total. The SMILES string of the molecule is Cc1ccc2[nH]c(F)c(CC(C)(N)C(=O)O)c2c1. The van der Waals surface area contributed by atoms with E-state index in [0.717, 1.165) is 5.56 Å². The van der Waals surface area contributed by atoms with Crippen molar-refractivity contribution in [1.29, 1.82) is 0 Å². The molecule has 1 atom stereocenters. The zero-order chi connectivity index (χ0) is 13.5. The first-order chi connectivity index (χ1) is 8.31. The fourth-order valence-electron chi connectivity index (χ4n) is 1.94. The van der Waals surface area contributed by atoms with E-state index in [9.17, 15) is 9.18 Å². The summed E-state index contributed by atoms with van der Waals surface area (Å²) < 4.78 is 13.8. The third kappa shape index (κ3) is 2.09. The molecule has 1 aromatic carbocycles. The molecule has 0 saturated carbocycles. The molecule has 1 unspecified atom stereocenters. The van der Waals surface area contributed by atoms with Crippen molar-refractivity contribution in [2.24, 2.45) is 5.73 Å². The van der Waals surface area contributed by atoms with Crippen molar-refractivity contribution < 1.29 is 14.3 Å². The second kappa shape index (κ2) is 4.10. The molecule has 2 aromatic rings. The van der Waals surface area contributed by atoms with Gasteiger partial charge < -0.3 is 15.8 Å². The number of aryl methyl sites for hydroxylation is 1. The van der Waals surface area contributed by atoms with Gasteiger partial charge in [-0.1, -0.05) is 11.6 Å². The maximum absolute atomic E-state index is 13.8. The van der Waals surface area contributed by atoms with Crippen LogP contribution in [-0.2, 0) is 11.2 Å². The normalized spacial score (nSPS) is 14.7. The number of nitrogens with two attached hydrogens (primary N) is 1. The second-order valence-electron chi connectivity index (χ2n) is 4.87. The lowest BCUT2D eigenvalue weighted by Gasteiger charge is -2.18. The lowest BCUT2D eigenvalue weighted by molar-refractivity contribution is -0.142. The van der Waals surface area contributed by atoms with E-state index < -0.39 is 17.5 Å². The zero-order valence-corrected chi connectivity index (χ0v) is 10.2. The largest absolute Gasteiger partial charge is 0.480 e. The molecule has 1 heterocycles. The topological polar surface area (TPSA) is 79.1 Å². The number of halogens is 1. The smallest absolute Gasteiger partial charge is 0.323 e. The summed E-state index contributed by atoms with van der Waals surface area (Å²) in [6, 6.07) is 5.45. The van der Waals surface area contributed by atoms with E-state index in [4.69, 9.17) is 10.8 Å². The number of rotatable bonds is 3. The lowest BCUT2D eigenvalue weighted by atomic mass is 9.93. The highest BCUT2D eigenvalue weighted by Crippen LogP contribution is 2.25. The number of hydrogen-bond donors (Lipinski definition) is 3. The molecule has 2 rings (SSSR count). The number of aromatic amines is 1. The van der Waals surface area contributed by atoms with Gasteiger partial charge in [-0.2, -0.15) is 4.39 Å². The number of carboxylic acids is 1. The molecule has 4 N–H and O–H groups in total. The van der Waals surface area contributed by atoms with Crippen molar-refractivity contribution in [2.75, 3.05) is 0 Å². The van der Waals surface area contributed by atoms with E-state index in [0.29, 0.717) is 16.5 Å². The Kier molecular flexibility index (Phi) is 2.86. The Morgan fingerprint density at radius 2 is 2.22 bits per heavy atom. The summed E-state index contributed by atoms with van der Waals surface area (Å²) in [5.74, 6) is -1.67. The molecule has 0 spiro atoms. The quantitative estimate of drug-likeness (QED) is 0.779. The molecule has 96 valence electrons. The van der Waals surface area contributed by atoms with Crippen LogP contribution in [0.25, 0.3) is 10.9 Å². The van der Waals surface area contributed by atoms with Crippen molar-refractivity contribution in [3.63, 3.8) is 0 Å². The molecule has 18 heavy (non-hydrogen) atoms. The minimum atomic E-state index is -1.49. The van der Waals surface area contributed by atoms with Crippen molar-refractivity contribution in [2.45, 2.75) is 25.8 Å². The molecule has 0 saturated heterocycles. The maximum Gasteiger partial charge on any atom is 0.323 e. The van der Waals surface area contributed by atoms with Crippen molar-refractivity contribution in [3.8, 4) is 0 Å². The first-order valence-corrected chi connectivity index (χ1v) is 5.60. The molecule has 0 amide bonds. The number of hydrogen-bond acceptors (Lipinski definition) is 2. The van der Waals surface area contributed by atoms with Gasteiger partial charge in [0.2, 0.25) is 0 Å². The van der Waals surface area contributed by atoms with Crippen LogP contribution in [0.1, 0.15) is 18.1 Å². The molecular formula is C13H15FN2O2. The van der Waals surface area contributed by atoms with Gasteiger partial charge in [0.15, 0.2) is 5.95 Å². The van der Waals surface area contributed by atoms with E-state index in [1.807, 2.05) is 19.1 Å². The maximum atomic E-state index is 13.8. The van der Waals surface area contributed by atoms with Crippen molar-refractivity contribution >= 4 is 16.9 Å². The van der Waals surface area contributed by atoms with Gasteiger partial charge in [0.05, 0.1) is 0 Å². The number of aliphatic carboxylic acids is 1. The van der Waals surface area contributed by atoms with Gasteiger partial charge in [0, 0.05) is 22.9 Å². The van der Waals surface area contributed by atoms with Crippen LogP contribution < -0.4 is 5.73 Å². The lowest BCUT2D eigenvalue weighted by Crippen LogP contribution is -2.46. The summed E-state index contributed by atoms with van der Waals surface area (Å²) in [5.41, 5.74) is 6.13. The summed E-state index contributed by atoms with van der Waals surface area (Å²) in [7, 11) is 0. The van der Waals surface area contributed by atoms with Gasteiger partial charge in [-0.05, 0) is 26.0 Å². The van der Waals surface area contributed by atoms with Gasteiger partial charge in [0.25, 0.3) is 0 Å². The fraction of sp³-hybridized carbons (Fsp3) is 0.308. The number of carbonyl (C=O) groups is 1. The highest BCUT2D eigenvalue weighted by molar-refractivity contribution is 5.86. The van der Waals surface area contributed by atoms with Gasteiger partial charge in [-0.3, -0.25) is 4.79 Å². The number of fused-ring (bicyclic) bond motifs is 1. The first-order valence-electron chi connectivity index (χ1n) is 5.60. The second-order valence-corrected chi connectivity index (χ2v) is 4.87. The Bertz CT molecular complexity index is 617. The molecule has 1 aromatic heterocycles. The van der Waals surface area contributed by atoms with E-state index in [2.05, 4.69) is 4.98 Å². The van der Waals surface area contributed by atoms with Crippen LogP contribution in [0, 0.1) is 12.9 Å². The number of H-pyrrole nitrogens is 1. The molecule has 0 aliphatic heterocycles. The summed E-state index contributed by atoms with van der Waals surface area (Å²) in [6.07, 6.45) is -0.0579. The molecular weight excluding hydrogens is 235 g/mol. The number of aromatic nitrogens is 1. The summed E-state index contributed by atoms with van der Waals surface area (Å²) in [4.78, 5) is 13.6. The minimum absolute atomic E-state index is 0.0579. The van der Waals surface area contributed by atoms with E-state index in [-0.39, 0.29) is 6.42 Å². The van der Waals surface area contributed by atoms with Crippen LogP contribution in [0.3, 0.4) is 0 Å². The first kappa shape index (κ1) is 12.6. The predicted molar refractivity (Wildman–Crippen MR) is 66.9 cm³/mol. The minimum Gasteiger partial charge on any atom is -0.480 e. The van der Waals surface area contributed by atoms with Crippen LogP contribution in [-0.4, -0.2) is 21.6 Å². The van der Waals surface area contributed by atoms with Crippen LogP contribution >= 0.6 is 0 Å². The summed E-state index contributed by atoms with van der Waals surface area (Å²) >= 11 is 0. The number of carboxylic acid groups (broad SMARTS) is 1. The summed E-state index contributed by atoms with van der Waals surface area (Å²) in [6.45, 7) is 3.27. The van der Waals surface area contributed by atoms with Gasteiger partial charge in [-0.25, -0.2) is 0 Å². The molecule has 0 bridgehead atoms. The van der Waals surface area contributed by atoms with Crippen LogP contribution in [0.5, 0.6) is 0 Å². The summed E-state index contributed by atoms with van der Waals surface area (Å²) in [5, 5.41) is 9.69. The molecule has 5 heteroatoms. The van der Waals surface area contributed by atoms with Crippen molar-refractivity contribution in [1.82, 2.24) is 4.98 Å². The van der Waals surface area contributed by atoms with E-state index in [1.54, 1.807) is 6.07 Å². The van der Waals surface area contributed by atoms with Crippen LogP contribution in [0.15, 0.2) is 18.2 Å². The Balaban J connectivity index is 2.53. The Morgan fingerprint density at radius 3 is 2.83 bits per heavy atom. The van der Waals surface area contributed by atoms with Gasteiger partial charge >= 0.3 is 5.97 Å². The van der Waals surface area contributed by atoms with Gasteiger partial charge in [0.1, 0.15) is 5.54 Å². The van der Waals surface area contributed by atoms with Crippen LogP contribution in [0.4, 0.5) is 4.39 Å². The van der Waals surface area contributed by atoms with E-state index >= 15 is 0 Å². The molecule has 0 aliphatic carbocycles. The molecule has 0 fully saturated rings. The Labute approximate surface area is 104 Å². The average molecular weight is 250 g/mol. The zero-order valence-electron chi connectivity index (χ0n) is 10.2. The highest BCUT2D eigenvalue weighted by Gasteiger charge is 2.30. The third-order valence-electron chi connectivity index (χ3n) is 3.04. The monoisotopic (exact) mass is 250 g/mol. The highest BCUT2D eigenvalue weighted by atomic mass is 19.1. The van der Waals surface area contributed by atoms with Gasteiger partial charge in [-0.15, -0.1) is 0 Å². The fourth-order valence-corrected chi connectivity index (χ4v) is 1.94. The Morgan fingerprint density at radius 1 is 1.56 bits per heavy atom. The van der Waals surface area contributed by atoms with E-state index in [1.165, 1.54) is 6.92 Å². The van der Waals surface area contributed by atoms with Crippen molar-refractivity contribution in [3.05, 3.63) is 35.3 Å². The number of nitrogens with one attached hydrogen (secondary N) is 1.